The van der Waals surface area contributed by atoms with Gasteiger partial charge in [-0.15, -0.1) is 0 Å². The minimum absolute atomic E-state index is 0.0392. The summed E-state index contributed by atoms with van der Waals surface area (Å²) in [7, 11) is 0. The lowest BCUT2D eigenvalue weighted by molar-refractivity contribution is 0.0921. The van der Waals surface area contributed by atoms with Gasteiger partial charge in [0, 0.05) is 27.7 Å². The molecular weight excluding hydrogens is 271 g/mol. The second-order valence-electron chi connectivity index (χ2n) is 4.69. The highest BCUT2D eigenvalue weighted by Gasteiger charge is 2.23. The van der Waals surface area contributed by atoms with Crippen molar-refractivity contribution in [2.45, 2.75) is 37.8 Å². The summed E-state index contributed by atoms with van der Waals surface area (Å²) in [5.41, 5.74) is 6.48. The molecule has 18 heavy (non-hydrogen) atoms. The Balaban J connectivity index is 2.06. The Morgan fingerprint density at radius 1 is 1.17 bits per heavy atom. The molecule has 2 atom stereocenters. The van der Waals surface area contributed by atoms with Crippen molar-refractivity contribution < 1.29 is 4.79 Å². The molecular formula is C13H16Cl2N2O. The SMILES string of the molecule is NC1CCCCC1NC(=O)c1cc(Cl)cc(Cl)c1. The zero-order chi connectivity index (χ0) is 13.1. The minimum atomic E-state index is -0.165. The second kappa shape index (κ2) is 5.91. The predicted molar refractivity (Wildman–Crippen MR) is 74.2 cm³/mol. The summed E-state index contributed by atoms with van der Waals surface area (Å²) < 4.78 is 0. The average Bonchev–Trinajstić information content (AvgIpc) is 2.31. The van der Waals surface area contributed by atoms with Gasteiger partial charge in [-0.05, 0) is 31.0 Å². The van der Waals surface area contributed by atoms with Gasteiger partial charge < -0.3 is 11.1 Å². The van der Waals surface area contributed by atoms with Crippen LogP contribution in [0.25, 0.3) is 0 Å². The fourth-order valence-corrected chi connectivity index (χ4v) is 2.80. The molecule has 0 saturated heterocycles. The van der Waals surface area contributed by atoms with Crippen molar-refractivity contribution in [2.24, 2.45) is 5.73 Å². The molecule has 2 unspecified atom stereocenters. The van der Waals surface area contributed by atoms with Crippen LogP contribution in [0.15, 0.2) is 18.2 Å². The molecule has 1 aliphatic rings. The molecule has 98 valence electrons. The Kier molecular flexibility index (Phi) is 4.49. The summed E-state index contributed by atoms with van der Waals surface area (Å²) in [6, 6.07) is 4.90. The van der Waals surface area contributed by atoms with E-state index >= 15 is 0 Å². The maximum atomic E-state index is 12.1. The quantitative estimate of drug-likeness (QED) is 0.878. The minimum Gasteiger partial charge on any atom is -0.348 e. The number of amides is 1. The molecule has 1 aromatic rings. The lowest BCUT2D eigenvalue weighted by atomic mass is 9.91. The maximum Gasteiger partial charge on any atom is 0.251 e. The summed E-state index contributed by atoms with van der Waals surface area (Å²) in [4.78, 5) is 12.1. The van der Waals surface area contributed by atoms with Gasteiger partial charge in [-0.1, -0.05) is 36.0 Å². The van der Waals surface area contributed by atoms with Crippen molar-refractivity contribution in [3.63, 3.8) is 0 Å². The number of hydrogen-bond acceptors (Lipinski definition) is 2. The number of halogens is 2. The molecule has 2 rings (SSSR count). The number of carbonyl (C=O) groups is 1. The first kappa shape index (κ1) is 13.7. The number of carbonyl (C=O) groups excluding carboxylic acids is 1. The van der Waals surface area contributed by atoms with Crippen LogP contribution < -0.4 is 11.1 Å². The molecule has 1 aromatic carbocycles. The molecule has 1 saturated carbocycles. The zero-order valence-corrected chi connectivity index (χ0v) is 11.5. The molecule has 0 spiro atoms. The Labute approximate surface area is 117 Å². The summed E-state index contributed by atoms with van der Waals surface area (Å²) in [6.07, 6.45) is 4.13. The zero-order valence-electron chi connectivity index (χ0n) is 9.96. The number of benzene rings is 1. The van der Waals surface area contributed by atoms with E-state index in [0.29, 0.717) is 15.6 Å². The molecule has 0 aliphatic heterocycles. The van der Waals surface area contributed by atoms with E-state index in [-0.39, 0.29) is 18.0 Å². The summed E-state index contributed by atoms with van der Waals surface area (Å²) in [5, 5.41) is 3.88. The fraction of sp³-hybridized carbons (Fsp3) is 0.462. The topological polar surface area (TPSA) is 55.1 Å². The molecule has 0 bridgehead atoms. The smallest absolute Gasteiger partial charge is 0.251 e. The first-order valence-electron chi connectivity index (χ1n) is 6.09. The van der Waals surface area contributed by atoms with Gasteiger partial charge in [0.1, 0.15) is 0 Å². The van der Waals surface area contributed by atoms with E-state index in [1.165, 1.54) is 0 Å². The molecule has 3 N–H and O–H groups in total. The largest absolute Gasteiger partial charge is 0.348 e. The standard InChI is InChI=1S/C13H16Cl2N2O/c14-9-5-8(6-10(15)7-9)13(18)17-12-4-2-1-3-11(12)16/h5-7,11-12H,1-4,16H2,(H,17,18). The van der Waals surface area contributed by atoms with E-state index in [0.717, 1.165) is 25.7 Å². The summed E-state index contributed by atoms with van der Waals surface area (Å²) in [6.45, 7) is 0. The van der Waals surface area contributed by atoms with Crippen LogP contribution >= 0.6 is 23.2 Å². The van der Waals surface area contributed by atoms with E-state index < -0.39 is 0 Å². The first-order chi connectivity index (χ1) is 8.56. The van der Waals surface area contributed by atoms with Crippen LogP contribution in [0.4, 0.5) is 0 Å². The van der Waals surface area contributed by atoms with Crippen molar-refractivity contribution in [3.05, 3.63) is 33.8 Å². The number of rotatable bonds is 2. The van der Waals surface area contributed by atoms with Gasteiger partial charge in [-0.2, -0.15) is 0 Å². The molecule has 1 aliphatic carbocycles. The van der Waals surface area contributed by atoms with Crippen molar-refractivity contribution in [1.82, 2.24) is 5.32 Å². The summed E-state index contributed by atoms with van der Waals surface area (Å²) >= 11 is 11.8. The van der Waals surface area contributed by atoms with Gasteiger partial charge >= 0.3 is 0 Å². The molecule has 1 amide bonds. The number of hydrogen-bond donors (Lipinski definition) is 2. The Bertz CT molecular complexity index is 430. The molecule has 0 heterocycles. The van der Waals surface area contributed by atoms with Crippen LogP contribution in [0, 0.1) is 0 Å². The Hall–Kier alpha value is -0.770. The van der Waals surface area contributed by atoms with Gasteiger partial charge in [-0.3, -0.25) is 4.79 Å². The van der Waals surface area contributed by atoms with Crippen LogP contribution in [0.2, 0.25) is 10.0 Å². The van der Waals surface area contributed by atoms with Crippen molar-refractivity contribution in [1.29, 1.82) is 0 Å². The van der Waals surface area contributed by atoms with Crippen LogP contribution in [0.1, 0.15) is 36.0 Å². The Morgan fingerprint density at radius 2 is 1.78 bits per heavy atom. The van der Waals surface area contributed by atoms with Crippen molar-refractivity contribution >= 4 is 29.1 Å². The van der Waals surface area contributed by atoms with Crippen molar-refractivity contribution in [2.75, 3.05) is 0 Å². The molecule has 1 fully saturated rings. The van der Waals surface area contributed by atoms with Gasteiger partial charge in [0.2, 0.25) is 0 Å². The third-order valence-electron chi connectivity index (χ3n) is 3.26. The Morgan fingerprint density at radius 3 is 2.39 bits per heavy atom. The third kappa shape index (κ3) is 3.37. The van der Waals surface area contributed by atoms with E-state index in [1.807, 2.05) is 0 Å². The third-order valence-corrected chi connectivity index (χ3v) is 3.70. The molecule has 0 radical (unpaired) electrons. The first-order valence-corrected chi connectivity index (χ1v) is 6.84. The van der Waals surface area contributed by atoms with Crippen LogP contribution in [0.3, 0.4) is 0 Å². The van der Waals surface area contributed by atoms with Crippen molar-refractivity contribution in [3.8, 4) is 0 Å². The van der Waals surface area contributed by atoms with Gasteiger partial charge in [-0.25, -0.2) is 0 Å². The normalized spacial score (nSPS) is 23.7. The predicted octanol–water partition coefficient (Wildman–Crippen LogP) is 2.99. The number of nitrogens with two attached hydrogens (primary N) is 1. The summed E-state index contributed by atoms with van der Waals surface area (Å²) in [5.74, 6) is -0.165. The lowest BCUT2D eigenvalue weighted by Crippen LogP contribution is -2.49. The van der Waals surface area contributed by atoms with Crippen LogP contribution in [-0.2, 0) is 0 Å². The maximum absolute atomic E-state index is 12.1. The highest BCUT2D eigenvalue weighted by Crippen LogP contribution is 2.21. The fourth-order valence-electron chi connectivity index (χ4n) is 2.28. The van der Waals surface area contributed by atoms with E-state index in [1.54, 1.807) is 18.2 Å². The molecule has 5 heteroatoms. The molecule has 3 nitrogen and oxygen atoms in total. The second-order valence-corrected chi connectivity index (χ2v) is 5.56. The van der Waals surface area contributed by atoms with Gasteiger partial charge in [0.15, 0.2) is 0 Å². The number of nitrogens with one attached hydrogen (secondary N) is 1. The lowest BCUT2D eigenvalue weighted by Gasteiger charge is -2.29. The van der Waals surface area contributed by atoms with E-state index in [2.05, 4.69) is 5.32 Å². The highest BCUT2D eigenvalue weighted by atomic mass is 35.5. The van der Waals surface area contributed by atoms with Gasteiger partial charge in [0.05, 0.1) is 0 Å². The highest BCUT2D eigenvalue weighted by molar-refractivity contribution is 6.35. The monoisotopic (exact) mass is 286 g/mol. The van der Waals surface area contributed by atoms with Gasteiger partial charge in [0.25, 0.3) is 5.91 Å². The van der Waals surface area contributed by atoms with E-state index in [9.17, 15) is 4.79 Å². The van der Waals surface area contributed by atoms with Crippen LogP contribution in [0.5, 0.6) is 0 Å². The average molecular weight is 287 g/mol. The molecule has 0 aromatic heterocycles. The van der Waals surface area contributed by atoms with Crippen LogP contribution in [-0.4, -0.2) is 18.0 Å². The van der Waals surface area contributed by atoms with E-state index in [4.69, 9.17) is 28.9 Å².